The molecule has 3 N–H and O–H groups in total. The highest BCUT2D eigenvalue weighted by Gasteiger charge is 2.23. The summed E-state index contributed by atoms with van der Waals surface area (Å²) >= 11 is 0. The minimum atomic E-state index is -1.58. The molecule has 0 aliphatic carbocycles. The van der Waals surface area contributed by atoms with E-state index in [-0.39, 0.29) is 24.2 Å². The van der Waals surface area contributed by atoms with Crippen LogP contribution in [0.4, 0.5) is 4.79 Å². The highest BCUT2D eigenvalue weighted by molar-refractivity contribution is 6.39. The molecule has 0 aromatic heterocycles. The van der Waals surface area contributed by atoms with E-state index < -0.39 is 41.7 Å². The maximum atomic E-state index is 13.0. The summed E-state index contributed by atoms with van der Waals surface area (Å²) in [7, 11) is 0. The van der Waals surface area contributed by atoms with Gasteiger partial charge in [-0.1, -0.05) is 60.7 Å². The van der Waals surface area contributed by atoms with Crippen LogP contribution in [-0.4, -0.2) is 40.7 Å². The number of rotatable bonds is 12. The van der Waals surface area contributed by atoms with E-state index in [0.717, 1.165) is 11.1 Å². The molecule has 210 valence electrons. The van der Waals surface area contributed by atoms with Crippen LogP contribution in [0.25, 0.3) is 0 Å². The topological polar surface area (TPSA) is 140 Å². The van der Waals surface area contributed by atoms with Crippen molar-refractivity contribution in [1.29, 1.82) is 0 Å². The number of hydroxylamine groups is 1. The number of urea groups is 1. The van der Waals surface area contributed by atoms with Crippen molar-refractivity contribution in [2.24, 2.45) is 0 Å². The van der Waals surface area contributed by atoms with E-state index in [1.54, 1.807) is 20.8 Å². The summed E-state index contributed by atoms with van der Waals surface area (Å²) in [6.45, 7) is 5.27. The fraction of sp³-hybridized carbons (Fsp3) is 0.267. The molecule has 1 atom stereocenters. The molecular formula is C30H32N2O8. The third-order valence-electron chi connectivity index (χ3n) is 5.40. The van der Waals surface area contributed by atoms with Crippen LogP contribution < -0.4 is 15.5 Å². The fourth-order valence-electron chi connectivity index (χ4n) is 3.53. The van der Waals surface area contributed by atoms with Gasteiger partial charge in [-0.2, -0.15) is 0 Å². The van der Waals surface area contributed by atoms with Crippen molar-refractivity contribution in [2.45, 2.75) is 51.5 Å². The normalized spacial score (nSPS) is 11.8. The van der Waals surface area contributed by atoms with E-state index in [4.69, 9.17) is 19.4 Å². The first kappa shape index (κ1) is 29.9. The molecule has 2 amide bonds. The number of carbonyl (C=O) groups is 4. The van der Waals surface area contributed by atoms with Gasteiger partial charge in [-0.05, 0) is 56.2 Å². The van der Waals surface area contributed by atoms with Gasteiger partial charge >= 0.3 is 18.0 Å². The van der Waals surface area contributed by atoms with Crippen molar-refractivity contribution in [3.8, 4) is 5.75 Å². The molecule has 0 spiro atoms. The van der Waals surface area contributed by atoms with Gasteiger partial charge < -0.3 is 19.9 Å². The summed E-state index contributed by atoms with van der Waals surface area (Å²) in [5.41, 5.74) is 3.22. The molecule has 0 fully saturated rings. The van der Waals surface area contributed by atoms with E-state index in [1.165, 1.54) is 24.3 Å². The second-order valence-corrected chi connectivity index (χ2v) is 9.79. The number of ether oxygens (including phenoxy) is 2. The number of carboxylic acids is 1. The summed E-state index contributed by atoms with van der Waals surface area (Å²) in [6, 6.07) is 23.4. The van der Waals surface area contributed by atoms with Crippen LogP contribution >= 0.6 is 0 Å². The largest absolute Gasteiger partial charge is 0.475 e. The molecule has 0 saturated carbocycles. The number of nitrogens with one attached hydrogen (secondary N) is 2. The second-order valence-electron chi connectivity index (χ2n) is 9.79. The number of carboxylic acid groups (broad SMARTS) is 1. The predicted octanol–water partition coefficient (Wildman–Crippen LogP) is 4.80. The van der Waals surface area contributed by atoms with Crippen LogP contribution in [-0.2, 0) is 19.2 Å². The maximum absolute atomic E-state index is 13.0. The quantitative estimate of drug-likeness (QED) is 0.0964. The van der Waals surface area contributed by atoms with Crippen molar-refractivity contribution < 1.29 is 38.6 Å². The number of amides is 2. The SMILES string of the molecule is CC(C)(C)ONC(=O)NC(CCC(=O)OC(c1ccccc1)c1ccccc1)Oc1ccc(C(=O)C(=O)O)cc1. The van der Waals surface area contributed by atoms with Crippen molar-refractivity contribution in [2.75, 3.05) is 0 Å². The molecule has 0 heterocycles. The standard InChI is InChI=1S/C30H32N2O8/c1-30(2,3)40-32-29(37)31-24(38-23-16-14-20(15-17-23)26(34)28(35)36)18-19-25(33)39-27(21-10-6-4-7-11-21)22-12-8-5-9-13-22/h4-17,24,27H,18-19H2,1-3H3,(H,35,36)(H2,31,32,37). The monoisotopic (exact) mass is 548 g/mol. The molecule has 3 aromatic rings. The molecular weight excluding hydrogens is 516 g/mol. The van der Waals surface area contributed by atoms with Crippen LogP contribution in [0.2, 0.25) is 0 Å². The molecule has 10 nitrogen and oxygen atoms in total. The lowest BCUT2D eigenvalue weighted by Crippen LogP contribution is -2.47. The molecule has 0 aliphatic heterocycles. The van der Waals surface area contributed by atoms with Crippen molar-refractivity contribution in [3.63, 3.8) is 0 Å². The second kappa shape index (κ2) is 13.9. The number of hydrogen-bond donors (Lipinski definition) is 3. The Kier molecular flexibility index (Phi) is 10.4. The van der Waals surface area contributed by atoms with E-state index >= 15 is 0 Å². The Morgan fingerprint density at radius 3 is 1.88 bits per heavy atom. The number of hydrogen-bond acceptors (Lipinski definition) is 7. The summed E-state index contributed by atoms with van der Waals surface area (Å²) in [5, 5.41) is 11.5. The molecule has 3 rings (SSSR count). The van der Waals surface area contributed by atoms with Gasteiger partial charge in [0.05, 0.1) is 12.0 Å². The van der Waals surface area contributed by atoms with Gasteiger partial charge in [-0.25, -0.2) is 15.1 Å². The van der Waals surface area contributed by atoms with Gasteiger partial charge in [0.2, 0.25) is 0 Å². The molecule has 0 saturated heterocycles. The van der Waals surface area contributed by atoms with Gasteiger partial charge in [0.15, 0.2) is 12.3 Å². The molecule has 0 bridgehead atoms. The molecule has 1 unspecified atom stereocenters. The summed E-state index contributed by atoms with van der Waals surface area (Å²) < 4.78 is 11.7. The number of carbonyl (C=O) groups excluding carboxylic acids is 3. The van der Waals surface area contributed by atoms with Gasteiger partial charge in [0.25, 0.3) is 5.78 Å². The zero-order valence-electron chi connectivity index (χ0n) is 22.5. The van der Waals surface area contributed by atoms with E-state index in [9.17, 15) is 19.2 Å². The van der Waals surface area contributed by atoms with E-state index in [1.807, 2.05) is 60.7 Å². The van der Waals surface area contributed by atoms with Crippen LogP contribution in [0.3, 0.4) is 0 Å². The van der Waals surface area contributed by atoms with Crippen LogP contribution in [0.5, 0.6) is 5.75 Å². The predicted molar refractivity (Wildman–Crippen MR) is 145 cm³/mol. The van der Waals surface area contributed by atoms with Crippen molar-refractivity contribution in [3.05, 3.63) is 102 Å². The number of benzene rings is 3. The third kappa shape index (κ3) is 9.55. The first-order valence-corrected chi connectivity index (χ1v) is 12.6. The van der Waals surface area contributed by atoms with E-state index in [2.05, 4.69) is 10.8 Å². The Hall–Kier alpha value is -4.70. The van der Waals surface area contributed by atoms with Crippen molar-refractivity contribution >= 4 is 23.8 Å². The van der Waals surface area contributed by atoms with Crippen molar-refractivity contribution in [1.82, 2.24) is 10.8 Å². The minimum Gasteiger partial charge on any atom is -0.475 e. The Morgan fingerprint density at radius 2 is 1.38 bits per heavy atom. The van der Waals surface area contributed by atoms with Crippen LogP contribution in [0, 0.1) is 0 Å². The lowest BCUT2D eigenvalue weighted by molar-refractivity contribution is -0.148. The Morgan fingerprint density at radius 1 is 0.825 bits per heavy atom. The molecule has 0 radical (unpaired) electrons. The average Bonchev–Trinajstić information content (AvgIpc) is 2.94. The zero-order valence-corrected chi connectivity index (χ0v) is 22.5. The Balaban J connectivity index is 1.70. The third-order valence-corrected chi connectivity index (χ3v) is 5.40. The lowest BCUT2D eigenvalue weighted by Gasteiger charge is -2.24. The summed E-state index contributed by atoms with van der Waals surface area (Å²) in [4.78, 5) is 53.3. The molecule has 40 heavy (non-hydrogen) atoms. The average molecular weight is 549 g/mol. The smallest absolute Gasteiger partial charge is 0.377 e. The number of ketones is 1. The first-order chi connectivity index (χ1) is 19.0. The number of Topliss-reactive ketones (excluding diaryl/α,β-unsaturated/α-hetero) is 1. The Labute approximate surface area is 232 Å². The number of esters is 1. The van der Waals surface area contributed by atoms with Crippen LogP contribution in [0.1, 0.15) is 61.2 Å². The summed E-state index contributed by atoms with van der Waals surface area (Å²) in [5.74, 6) is -2.91. The van der Waals surface area contributed by atoms with Gasteiger partial charge in [0.1, 0.15) is 5.75 Å². The first-order valence-electron chi connectivity index (χ1n) is 12.6. The van der Waals surface area contributed by atoms with E-state index in [0.29, 0.717) is 0 Å². The highest BCUT2D eigenvalue weighted by atomic mass is 16.7. The van der Waals surface area contributed by atoms with Crippen LogP contribution in [0.15, 0.2) is 84.9 Å². The fourth-order valence-corrected chi connectivity index (χ4v) is 3.53. The lowest BCUT2D eigenvalue weighted by atomic mass is 10.0. The number of aliphatic carboxylic acids is 1. The summed E-state index contributed by atoms with van der Waals surface area (Å²) in [6.07, 6.45) is -1.68. The molecule has 3 aromatic carbocycles. The highest BCUT2D eigenvalue weighted by Crippen LogP contribution is 2.26. The minimum absolute atomic E-state index is 0.0304. The van der Waals surface area contributed by atoms with Gasteiger partial charge in [0, 0.05) is 12.0 Å². The zero-order chi connectivity index (χ0) is 29.1. The molecule has 0 aliphatic rings. The Bertz CT molecular complexity index is 1250. The van der Waals surface area contributed by atoms with Gasteiger partial charge in [-0.3, -0.25) is 14.4 Å². The van der Waals surface area contributed by atoms with Gasteiger partial charge in [-0.15, -0.1) is 0 Å². The maximum Gasteiger partial charge on any atom is 0.377 e. The molecule has 10 heteroatoms.